The van der Waals surface area contributed by atoms with E-state index < -0.39 is 23.7 Å². The molecular weight excluding hydrogens is 470 g/mol. The van der Waals surface area contributed by atoms with Crippen LogP contribution < -0.4 is 10.1 Å². The Balaban J connectivity index is 1.39. The van der Waals surface area contributed by atoms with Gasteiger partial charge in [-0.25, -0.2) is 9.59 Å². The van der Waals surface area contributed by atoms with Gasteiger partial charge in [0.2, 0.25) is 0 Å². The van der Waals surface area contributed by atoms with Gasteiger partial charge in [0, 0.05) is 5.92 Å². The van der Waals surface area contributed by atoms with Gasteiger partial charge in [0.1, 0.15) is 19.0 Å². The van der Waals surface area contributed by atoms with E-state index in [4.69, 9.17) is 18.9 Å². The Kier molecular flexibility index (Phi) is 8.14. The van der Waals surface area contributed by atoms with Crippen LogP contribution in [0, 0.1) is 0 Å². The molecule has 0 bridgehead atoms. The van der Waals surface area contributed by atoms with E-state index in [9.17, 15) is 9.59 Å². The van der Waals surface area contributed by atoms with Crippen LogP contribution in [0.5, 0.6) is 5.75 Å². The van der Waals surface area contributed by atoms with Crippen LogP contribution in [-0.2, 0) is 25.6 Å². The highest BCUT2D eigenvalue weighted by Crippen LogP contribution is 2.44. The minimum atomic E-state index is -1.02. The first kappa shape index (κ1) is 26.2. The first-order valence-electron chi connectivity index (χ1n) is 12.3. The molecule has 0 aromatic heterocycles. The van der Waals surface area contributed by atoms with Crippen LogP contribution in [0.4, 0.5) is 4.79 Å². The van der Waals surface area contributed by atoms with Gasteiger partial charge in [0.05, 0.1) is 19.3 Å². The van der Waals surface area contributed by atoms with E-state index in [1.165, 1.54) is 0 Å². The predicted molar refractivity (Wildman–Crippen MR) is 140 cm³/mol. The number of carbonyl (C=O) groups excluding carboxylic acids is 2. The number of rotatable bonds is 9. The number of esters is 1. The fourth-order valence-corrected chi connectivity index (χ4v) is 4.26. The summed E-state index contributed by atoms with van der Waals surface area (Å²) in [4.78, 5) is 25.7. The zero-order valence-electron chi connectivity index (χ0n) is 21.7. The normalized spacial score (nSPS) is 13.3. The molecule has 0 saturated carbocycles. The summed E-state index contributed by atoms with van der Waals surface area (Å²) in [6, 6.07) is 22.4. The van der Waals surface area contributed by atoms with E-state index in [-0.39, 0.29) is 25.7 Å². The van der Waals surface area contributed by atoms with Gasteiger partial charge in [0.25, 0.3) is 0 Å². The van der Waals surface area contributed by atoms with Crippen molar-refractivity contribution in [3.63, 3.8) is 0 Å². The monoisotopic (exact) mass is 503 g/mol. The number of hydrogen-bond donors (Lipinski definition) is 1. The van der Waals surface area contributed by atoms with Crippen LogP contribution in [0.2, 0.25) is 0 Å². The van der Waals surface area contributed by atoms with Crippen LogP contribution in [0.25, 0.3) is 11.1 Å². The standard InChI is InChI=1S/C30H33NO6/c1-30(2,3)37-19-27(28(32)35-17-20-13-15-21(34-4)16-14-20)31-29(33)36-18-26-24-11-7-5-9-22(24)23-10-6-8-12-25(23)26/h5-16,26-27H,17-19H2,1-4H3,(H,31,33)/t27-/m0/s1. The van der Waals surface area contributed by atoms with Crippen molar-refractivity contribution in [2.45, 2.75) is 44.9 Å². The highest BCUT2D eigenvalue weighted by Gasteiger charge is 2.30. The highest BCUT2D eigenvalue weighted by molar-refractivity contribution is 5.82. The summed E-state index contributed by atoms with van der Waals surface area (Å²) in [5, 5.41) is 2.64. The zero-order valence-corrected chi connectivity index (χ0v) is 21.7. The molecule has 0 heterocycles. The molecule has 1 amide bonds. The Morgan fingerprint density at radius 2 is 1.46 bits per heavy atom. The van der Waals surface area contributed by atoms with Crippen molar-refractivity contribution in [1.82, 2.24) is 5.32 Å². The van der Waals surface area contributed by atoms with Gasteiger partial charge in [-0.2, -0.15) is 0 Å². The summed E-state index contributed by atoms with van der Waals surface area (Å²) >= 11 is 0. The van der Waals surface area contributed by atoms with Crippen LogP contribution in [0.3, 0.4) is 0 Å². The van der Waals surface area contributed by atoms with Crippen LogP contribution in [0.1, 0.15) is 43.4 Å². The van der Waals surface area contributed by atoms with Crippen molar-refractivity contribution >= 4 is 12.1 Å². The second-order valence-corrected chi connectivity index (χ2v) is 9.90. The quantitative estimate of drug-likeness (QED) is 0.391. The molecule has 37 heavy (non-hydrogen) atoms. The lowest BCUT2D eigenvalue weighted by Crippen LogP contribution is -2.46. The number of methoxy groups -OCH3 is 1. The molecule has 1 atom stereocenters. The van der Waals surface area contributed by atoms with Gasteiger partial charge >= 0.3 is 12.1 Å². The largest absolute Gasteiger partial charge is 0.497 e. The van der Waals surface area contributed by atoms with Gasteiger partial charge < -0.3 is 24.3 Å². The molecule has 7 nitrogen and oxygen atoms in total. The fourth-order valence-electron chi connectivity index (χ4n) is 4.26. The summed E-state index contributed by atoms with van der Waals surface area (Å²) in [5.74, 6) is 0.0291. The topological polar surface area (TPSA) is 83.1 Å². The molecule has 0 fully saturated rings. The Morgan fingerprint density at radius 1 is 0.865 bits per heavy atom. The highest BCUT2D eigenvalue weighted by atomic mass is 16.6. The molecule has 3 aromatic carbocycles. The van der Waals surface area contributed by atoms with Gasteiger partial charge in [-0.15, -0.1) is 0 Å². The van der Waals surface area contributed by atoms with Gasteiger partial charge in [-0.1, -0.05) is 60.7 Å². The third kappa shape index (κ3) is 6.68. The van der Waals surface area contributed by atoms with E-state index in [0.29, 0.717) is 5.75 Å². The molecule has 1 N–H and O–H groups in total. The first-order valence-corrected chi connectivity index (χ1v) is 12.3. The van der Waals surface area contributed by atoms with Crippen LogP contribution in [0.15, 0.2) is 72.8 Å². The molecule has 3 aromatic rings. The molecule has 0 saturated heterocycles. The minimum Gasteiger partial charge on any atom is -0.497 e. The second kappa shape index (κ2) is 11.5. The van der Waals surface area contributed by atoms with Crippen LogP contribution >= 0.6 is 0 Å². The average molecular weight is 504 g/mol. The van der Waals surface area contributed by atoms with Crippen molar-refractivity contribution in [2.24, 2.45) is 0 Å². The molecule has 7 heteroatoms. The molecule has 0 aliphatic heterocycles. The molecule has 194 valence electrons. The van der Waals surface area contributed by atoms with Crippen molar-refractivity contribution in [1.29, 1.82) is 0 Å². The van der Waals surface area contributed by atoms with Crippen molar-refractivity contribution in [3.8, 4) is 16.9 Å². The maximum Gasteiger partial charge on any atom is 0.407 e. The Labute approximate surface area is 217 Å². The number of ether oxygens (including phenoxy) is 4. The van der Waals surface area contributed by atoms with E-state index in [0.717, 1.165) is 27.8 Å². The number of carbonyl (C=O) groups is 2. The number of hydrogen-bond acceptors (Lipinski definition) is 6. The van der Waals surface area contributed by atoms with Crippen molar-refractivity contribution < 1.29 is 28.5 Å². The lowest BCUT2D eigenvalue weighted by Gasteiger charge is -2.24. The van der Waals surface area contributed by atoms with Gasteiger partial charge in [-0.05, 0) is 60.7 Å². The smallest absolute Gasteiger partial charge is 0.407 e. The number of amides is 1. The molecular formula is C30H33NO6. The molecule has 1 aliphatic carbocycles. The minimum absolute atomic E-state index is 0.0465. The maximum atomic E-state index is 12.9. The van der Waals surface area contributed by atoms with Gasteiger partial charge in [-0.3, -0.25) is 0 Å². The maximum absolute atomic E-state index is 12.9. The van der Waals surface area contributed by atoms with E-state index in [2.05, 4.69) is 29.6 Å². The van der Waals surface area contributed by atoms with Gasteiger partial charge in [0.15, 0.2) is 6.04 Å². The molecule has 1 aliphatic rings. The Bertz CT molecular complexity index is 1190. The second-order valence-electron chi connectivity index (χ2n) is 9.90. The fraction of sp³-hybridized carbons (Fsp3) is 0.333. The molecule has 4 rings (SSSR count). The summed E-state index contributed by atoms with van der Waals surface area (Å²) in [7, 11) is 1.59. The summed E-state index contributed by atoms with van der Waals surface area (Å²) < 4.78 is 22.0. The van der Waals surface area contributed by atoms with E-state index in [1.807, 2.05) is 57.2 Å². The SMILES string of the molecule is COc1ccc(COC(=O)[C@H](COC(C)(C)C)NC(=O)OCC2c3ccccc3-c3ccccc32)cc1. The third-order valence-electron chi connectivity index (χ3n) is 6.14. The molecule has 0 radical (unpaired) electrons. The van der Waals surface area contributed by atoms with Crippen molar-refractivity contribution in [3.05, 3.63) is 89.5 Å². The lowest BCUT2D eigenvalue weighted by molar-refractivity contribution is -0.150. The number of benzene rings is 3. The zero-order chi connectivity index (χ0) is 26.4. The summed E-state index contributed by atoms with van der Waals surface area (Å²) in [6.07, 6.45) is -0.703. The Hall–Kier alpha value is -3.84. The van der Waals surface area contributed by atoms with E-state index >= 15 is 0 Å². The first-order chi connectivity index (χ1) is 17.7. The Morgan fingerprint density at radius 3 is 2.03 bits per heavy atom. The molecule has 0 unspecified atom stereocenters. The summed E-state index contributed by atoms with van der Waals surface area (Å²) in [6.45, 7) is 5.78. The predicted octanol–water partition coefficient (Wildman–Crippen LogP) is 5.46. The van der Waals surface area contributed by atoms with E-state index in [1.54, 1.807) is 19.2 Å². The lowest BCUT2D eigenvalue weighted by atomic mass is 9.98. The van der Waals surface area contributed by atoms with Crippen LogP contribution in [-0.4, -0.2) is 44.0 Å². The number of alkyl carbamates (subject to hydrolysis) is 1. The third-order valence-corrected chi connectivity index (χ3v) is 6.14. The van der Waals surface area contributed by atoms with Crippen molar-refractivity contribution in [2.75, 3.05) is 20.3 Å². The molecule has 0 spiro atoms. The number of nitrogens with one attached hydrogen (secondary N) is 1. The summed E-state index contributed by atoms with van der Waals surface area (Å²) in [5.41, 5.74) is 4.81. The average Bonchev–Trinajstić information content (AvgIpc) is 3.22. The number of fused-ring (bicyclic) bond motifs is 3.